The lowest BCUT2D eigenvalue weighted by Crippen LogP contribution is -2.44. The van der Waals surface area contributed by atoms with Crippen LogP contribution in [-0.2, 0) is 22.1 Å². The highest BCUT2D eigenvalue weighted by Gasteiger charge is 2.31. The summed E-state index contributed by atoms with van der Waals surface area (Å²) >= 11 is 0. The van der Waals surface area contributed by atoms with E-state index in [1.807, 2.05) is 0 Å². The monoisotopic (exact) mass is 514 g/mol. The van der Waals surface area contributed by atoms with Crippen LogP contribution in [0.2, 0.25) is 0 Å². The van der Waals surface area contributed by atoms with E-state index < -0.39 is 35.4 Å². The average molecular weight is 515 g/mol. The molecule has 3 N–H and O–H groups in total. The summed E-state index contributed by atoms with van der Waals surface area (Å²) in [5.41, 5.74) is -1.55. The third kappa shape index (κ3) is 11.6. The van der Waals surface area contributed by atoms with Crippen LogP contribution in [0.25, 0.3) is 0 Å². The minimum atomic E-state index is -4.52. The highest BCUT2D eigenvalue weighted by atomic mass is 19.4. The molecule has 9 heteroatoms. The summed E-state index contributed by atoms with van der Waals surface area (Å²) in [4.78, 5) is 22.8. The number of nitrogens with one attached hydrogen (secondary N) is 2. The van der Waals surface area contributed by atoms with Crippen LogP contribution >= 0.6 is 0 Å². The van der Waals surface area contributed by atoms with Crippen molar-refractivity contribution < 1.29 is 32.6 Å². The van der Waals surface area contributed by atoms with E-state index in [0.717, 1.165) is 24.2 Å². The number of carboxylic acids is 1. The van der Waals surface area contributed by atoms with Crippen LogP contribution in [0, 0.1) is 0 Å². The minimum absolute atomic E-state index is 0.142. The molecule has 1 amide bonds. The zero-order valence-electron chi connectivity index (χ0n) is 21.6. The quantitative estimate of drug-likeness (QED) is 0.405. The Morgan fingerprint density at radius 1 is 0.972 bits per heavy atom. The third-order valence-electron chi connectivity index (χ3n) is 6.36. The molecule has 0 radical (unpaired) electrons. The number of halogens is 3. The maximum atomic E-state index is 12.7. The van der Waals surface area contributed by atoms with Crippen LogP contribution in [0.4, 0.5) is 18.0 Å². The van der Waals surface area contributed by atoms with Crippen molar-refractivity contribution in [3.63, 3.8) is 0 Å². The molecular formula is C27H41F3N2O4. The highest BCUT2D eigenvalue weighted by molar-refractivity contribution is 5.80. The van der Waals surface area contributed by atoms with Crippen molar-refractivity contribution in [2.24, 2.45) is 0 Å². The van der Waals surface area contributed by atoms with E-state index in [0.29, 0.717) is 0 Å². The largest absolute Gasteiger partial charge is 0.480 e. The maximum absolute atomic E-state index is 12.7. The first-order valence-electron chi connectivity index (χ1n) is 13.0. The fraction of sp³-hybridized carbons (Fsp3) is 0.704. The molecule has 2 aliphatic rings. The smallest absolute Gasteiger partial charge is 0.416 e. The summed E-state index contributed by atoms with van der Waals surface area (Å²) in [6.07, 6.45) is 8.80. The third-order valence-corrected chi connectivity index (χ3v) is 6.36. The number of hydrogen-bond acceptors (Lipinski definition) is 4. The van der Waals surface area contributed by atoms with Gasteiger partial charge in [-0.15, -0.1) is 0 Å². The number of aliphatic carboxylic acids is 1. The minimum Gasteiger partial charge on any atom is -0.480 e. The van der Waals surface area contributed by atoms with Crippen LogP contribution in [0.1, 0.15) is 96.1 Å². The number of benzene rings is 1. The second-order valence-electron chi connectivity index (χ2n) is 10.8. The molecule has 0 aromatic heterocycles. The van der Waals surface area contributed by atoms with Gasteiger partial charge in [0.25, 0.3) is 0 Å². The Bertz CT molecular complexity index is 811. The van der Waals surface area contributed by atoms with E-state index in [-0.39, 0.29) is 12.0 Å². The molecule has 0 heterocycles. The Labute approximate surface area is 212 Å². The van der Waals surface area contributed by atoms with Gasteiger partial charge in [-0.3, -0.25) is 0 Å². The van der Waals surface area contributed by atoms with Crippen molar-refractivity contribution in [1.82, 2.24) is 10.6 Å². The molecule has 2 aliphatic carbocycles. The van der Waals surface area contributed by atoms with E-state index >= 15 is 0 Å². The van der Waals surface area contributed by atoms with E-state index in [2.05, 4.69) is 10.6 Å². The molecule has 204 valence electrons. The number of carbonyl (C=O) groups excluding carboxylic acids is 1. The molecule has 1 atom stereocenters. The summed E-state index contributed by atoms with van der Waals surface area (Å²) in [7, 11) is 0. The number of hydrogen-bond donors (Lipinski definition) is 3. The van der Waals surface area contributed by atoms with E-state index in [9.17, 15) is 22.8 Å². The molecule has 0 aliphatic heterocycles. The van der Waals surface area contributed by atoms with Gasteiger partial charge in [-0.1, -0.05) is 56.7 Å². The first kappa shape index (κ1) is 29.9. The Balaban J connectivity index is 0.000000293. The van der Waals surface area contributed by atoms with Crippen LogP contribution in [-0.4, -0.2) is 40.9 Å². The summed E-state index contributed by atoms with van der Waals surface area (Å²) in [6.45, 7) is 4.82. The van der Waals surface area contributed by atoms with Gasteiger partial charge < -0.3 is 20.5 Å². The fourth-order valence-corrected chi connectivity index (χ4v) is 4.63. The molecular weight excluding hydrogens is 473 g/mol. The lowest BCUT2D eigenvalue weighted by atomic mass is 9.91. The summed E-state index contributed by atoms with van der Waals surface area (Å²) in [6, 6.07) is 4.64. The van der Waals surface area contributed by atoms with Gasteiger partial charge in [0.15, 0.2) is 0 Å². The van der Waals surface area contributed by atoms with Crippen molar-refractivity contribution in [2.75, 3.05) is 0 Å². The number of amides is 1. The number of alkyl halides is 3. The van der Waals surface area contributed by atoms with Crippen LogP contribution in [0.15, 0.2) is 24.3 Å². The Hall–Kier alpha value is -2.29. The number of alkyl carbamates (subject to hydrolysis) is 1. The summed E-state index contributed by atoms with van der Waals surface area (Å²) in [5.74, 6) is -1.37. The topological polar surface area (TPSA) is 87.7 Å². The van der Waals surface area contributed by atoms with Crippen molar-refractivity contribution in [3.05, 3.63) is 35.4 Å². The number of ether oxygens (including phenoxy) is 1. The first-order valence-corrected chi connectivity index (χ1v) is 13.0. The Morgan fingerprint density at radius 2 is 1.50 bits per heavy atom. The molecule has 0 spiro atoms. The summed E-state index contributed by atoms with van der Waals surface area (Å²) in [5, 5.41) is 15.1. The van der Waals surface area contributed by atoms with Gasteiger partial charge >= 0.3 is 18.2 Å². The van der Waals surface area contributed by atoms with Crippen molar-refractivity contribution >= 4 is 12.1 Å². The molecule has 1 aromatic rings. The van der Waals surface area contributed by atoms with Crippen molar-refractivity contribution in [2.45, 2.75) is 121 Å². The molecule has 3 rings (SSSR count). The fourth-order valence-electron chi connectivity index (χ4n) is 4.63. The van der Waals surface area contributed by atoms with Gasteiger partial charge in [0.05, 0.1) is 5.56 Å². The van der Waals surface area contributed by atoms with Crippen molar-refractivity contribution in [1.29, 1.82) is 0 Å². The first-order chi connectivity index (χ1) is 16.8. The zero-order valence-corrected chi connectivity index (χ0v) is 21.6. The van der Waals surface area contributed by atoms with Crippen LogP contribution in [0.5, 0.6) is 0 Å². The molecule has 1 aromatic carbocycles. The number of carbonyl (C=O) groups is 2. The second kappa shape index (κ2) is 13.9. The molecule has 1 unspecified atom stereocenters. The normalized spacial score (nSPS) is 18.5. The van der Waals surface area contributed by atoms with Gasteiger partial charge in [-0.2, -0.15) is 13.2 Å². The second-order valence-corrected chi connectivity index (χ2v) is 10.8. The van der Waals surface area contributed by atoms with Crippen LogP contribution < -0.4 is 10.6 Å². The summed E-state index contributed by atoms with van der Waals surface area (Å²) < 4.78 is 42.9. The van der Waals surface area contributed by atoms with E-state index in [4.69, 9.17) is 9.84 Å². The lowest BCUT2D eigenvalue weighted by molar-refractivity contribution is -0.139. The van der Waals surface area contributed by atoms with Crippen LogP contribution in [0.3, 0.4) is 0 Å². The number of rotatable bonds is 6. The Morgan fingerprint density at radius 3 is 1.94 bits per heavy atom. The van der Waals surface area contributed by atoms with Gasteiger partial charge in [0.2, 0.25) is 0 Å². The SMILES string of the molecule is C1CCC(NC2CCCCC2)CC1.CC(C)(C)OC(=O)NC(Cc1cccc(C(F)(F)F)c1)C(=O)O. The average Bonchev–Trinajstić information content (AvgIpc) is 2.79. The van der Waals surface area contributed by atoms with Gasteiger partial charge in [-0.05, 0) is 58.1 Å². The number of carboxylic acid groups (broad SMARTS) is 1. The highest BCUT2D eigenvalue weighted by Crippen LogP contribution is 2.29. The van der Waals surface area contributed by atoms with E-state index in [1.54, 1.807) is 20.8 Å². The van der Waals surface area contributed by atoms with Gasteiger partial charge in [0.1, 0.15) is 11.6 Å². The predicted molar refractivity (Wildman–Crippen MR) is 133 cm³/mol. The lowest BCUT2D eigenvalue weighted by Gasteiger charge is -2.30. The van der Waals surface area contributed by atoms with Crippen molar-refractivity contribution in [3.8, 4) is 0 Å². The van der Waals surface area contributed by atoms with Gasteiger partial charge in [-0.25, -0.2) is 9.59 Å². The maximum Gasteiger partial charge on any atom is 0.416 e. The van der Waals surface area contributed by atoms with E-state index in [1.165, 1.54) is 76.3 Å². The molecule has 6 nitrogen and oxygen atoms in total. The molecule has 36 heavy (non-hydrogen) atoms. The Kier molecular flexibility index (Phi) is 11.5. The molecule has 0 bridgehead atoms. The molecule has 0 saturated heterocycles. The zero-order chi connectivity index (χ0) is 26.8. The molecule has 2 saturated carbocycles. The van der Waals surface area contributed by atoms with Gasteiger partial charge in [0, 0.05) is 18.5 Å². The molecule has 2 fully saturated rings. The predicted octanol–water partition coefficient (Wildman–Crippen LogP) is 6.47. The standard InChI is InChI=1S/C15H18F3NO4.C12H23N/c1-14(2,3)23-13(22)19-11(12(20)21)8-9-5-4-6-10(7-9)15(16,17)18;1-3-7-11(8-4-1)13-12-9-5-2-6-10-12/h4-7,11H,8H2,1-3H3,(H,19,22)(H,20,21);11-13H,1-10H2.